The first-order valence-corrected chi connectivity index (χ1v) is 6.95. The second-order valence-electron chi connectivity index (χ2n) is 4.86. The molecule has 0 fully saturated rings. The minimum absolute atomic E-state index is 0.368. The fourth-order valence-corrected chi connectivity index (χ4v) is 2.29. The van der Waals surface area contributed by atoms with Gasteiger partial charge in [0.1, 0.15) is 5.75 Å². The number of methoxy groups -OCH3 is 1. The van der Waals surface area contributed by atoms with Crippen LogP contribution in [-0.2, 0) is 0 Å². The third kappa shape index (κ3) is 4.30. The lowest BCUT2D eigenvalue weighted by Crippen LogP contribution is -2.27. The van der Waals surface area contributed by atoms with E-state index in [1.165, 1.54) is 18.4 Å². The summed E-state index contributed by atoms with van der Waals surface area (Å²) >= 11 is 0. The van der Waals surface area contributed by atoms with E-state index in [0.717, 1.165) is 18.7 Å². The molecule has 1 aromatic rings. The summed E-state index contributed by atoms with van der Waals surface area (Å²) in [6.07, 6.45) is 7.28. The molecule has 1 rings (SSSR count). The average Bonchev–Trinajstić information content (AvgIpc) is 2.40. The first-order valence-electron chi connectivity index (χ1n) is 6.95. The quantitative estimate of drug-likeness (QED) is 0.766. The van der Waals surface area contributed by atoms with Crippen LogP contribution in [0.2, 0.25) is 0 Å². The van der Waals surface area contributed by atoms with Crippen LogP contribution in [0.4, 0.5) is 0 Å². The Morgan fingerprint density at radius 2 is 2.06 bits per heavy atom. The van der Waals surface area contributed by atoms with Crippen LogP contribution in [0.5, 0.6) is 5.75 Å². The molecule has 0 spiro atoms. The number of nitrogens with one attached hydrogen (secondary N) is 1. The fourth-order valence-electron chi connectivity index (χ4n) is 2.29. The van der Waals surface area contributed by atoms with E-state index < -0.39 is 0 Å². The standard InChI is InChI=1S/C15H26N2O/c1-5-7-12(3)15(17-8-6-2)13-9-14(18-4)11-16-10-13/h9-12,15,17H,5-8H2,1-4H3. The summed E-state index contributed by atoms with van der Waals surface area (Å²) in [4.78, 5) is 4.26. The van der Waals surface area contributed by atoms with Gasteiger partial charge in [0.2, 0.25) is 0 Å². The van der Waals surface area contributed by atoms with Gasteiger partial charge in [0.15, 0.2) is 0 Å². The predicted octanol–water partition coefficient (Wildman–Crippen LogP) is 3.57. The molecule has 0 aliphatic heterocycles. The van der Waals surface area contributed by atoms with Crippen molar-refractivity contribution in [3.8, 4) is 5.75 Å². The van der Waals surface area contributed by atoms with Crippen LogP contribution < -0.4 is 10.1 Å². The molecule has 1 aromatic heterocycles. The van der Waals surface area contributed by atoms with Gasteiger partial charge in [-0.05, 0) is 36.9 Å². The van der Waals surface area contributed by atoms with Crippen LogP contribution in [0.25, 0.3) is 0 Å². The van der Waals surface area contributed by atoms with Gasteiger partial charge in [-0.25, -0.2) is 0 Å². The second-order valence-corrected chi connectivity index (χ2v) is 4.86. The highest BCUT2D eigenvalue weighted by molar-refractivity contribution is 5.26. The van der Waals surface area contributed by atoms with Gasteiger partial charge in [-0.2, -0.15) is 0 Å². The highest BCUT2D eigenvalue weighted by Crippen LogP contribution is 2.27. The van der Waals surface area contributed by atoms with E-state index in [0.29, 0.717) is 12.0 Å². The molecule has 102 valence electrons. The van der Waals surface area contributed by atoms with Crippen LogP contribution in [0.15, 0.2) is 18.5 Å². The highest BCUT2D eigenvalue weighted by Gasteiger charge is 2.18. The maximum absolute atomic E-state index is 5.26. The van der Waals surface area contributed by atoms with E-state index in [1.54, 1.807) is 13.3 Å². The molecule has 0 saturated heterocycles. The predicted molar refractivity (Wildman–Crippen MR) is 75.9 cm³/mol. The molecule has 0 aromatic carbocycles. The number of hydrogen-bond donors (Lipinski definition) is 1. The van der Waals surface area contributed by atoms with Gasteiger partial charge in [0.05, 0.1) is 13.3 Å². The van der Waals surface area contributed by atoms with Crippen molar-refractivity contribution in [3.05, 3.63) is 24.0 Å². The van der Waals surface area contributed by atoms with Crippen LogP contribution in [-0.4, -0.2) is 18.6 Å². The molecule has 3 heteroatoms. The zero-order valence-corrected chi connectivity index (χ0v) is 12.1. The topological polar surface area (TPSA) is 34.2 Å². The number of pyridine rings is 1. The molecule has 0 bridgehead atoms. The summed E-state index contributed by atoms with van der Waals surface area (Å²) in [5.41, 5.74) is 1.23. The number of rotatable bonds is 8. The van der Waals surface area contributed by atoms with Gasteiger partial charge in [-0.15, -0.1) is 0 Å². The molecule has 0 radical (unpaired) electrons. The molecule has 2 unspecified atom stereocenters. The minimum atomic E-state index is 0.368. The summed E-state index contributed by atoms with van der Waals surface area (Å²) in [7, 11) is 1.69. The molecule has 18 heavy (non-hydrogen) atoms. The van der Waals surface area contributed by atoms with E-state index in [1.807, 2.05) is 6.20 Å². The SMILES string of the molecule is CCCNC(c1cncc(OC)c1)C(C)CCC. The second kappa shape index (κ2) is 8.09. The molecule has 1 heterocycles. The Labute approximate surface area is 111 Å². The van der Waals surface area contributed by atoms with Gasteiger partial charge < -0.3 is 10.1 Å². The maximum atomic E-state index is 5.26. The van der Waals surface area contributed by atoms with Gasteiger partial charge >= 0.3 is 0 Å². The van der Waals surface area contributed by atoms with Crippen molar-refractivity contribution in [2.45, 2.75) is 46.1 Å². The van der Waals surface area contributed by atoms with E-state index in [9.17, 15) is 0 Å². The van der Waals surface area contributed by atoms with Crippen LogP contribution >= 0.6 is 0 Å². The summed E-state index contributed by atoms with van der Waals surface area (Å²) in [6, 6.07) is 2.46. The van der Waals surface area contributed by atoms with Crippen molar-refractivity contribution in [3.63, 3.8) is 0 Å². The normalized spacial score (nSPS) is 14.2. The largest absolute Gasteiger partial charge is 0.495 e. The Morgan fingerprint density at radius 3 is 2.67 bits per heavy atom. The molecule has 0 aliphatic rings. The Kier molecular flexibility index (Phi) is 6.73. The highest BCUT2D eigenvalue weighted by atomic mass is 16.5. The van der Waals surface area contributed by atoms with Crippen molar-refractivity contribution in [1.82, 2.24) is 10.3 Å². The fraction of sp³-hybridized carbons (Fsp3) is 0.667. The zero-order valence-electron chi connectivity index (χ0n) is 12.1. The lowest BCUT2D eigenvalue weighted by atomic mass is 9.91. The smallest absolute Gasteiger partial charge is 0.137 e. The first-order chi connectivity index (χ1) is 8.72. The molecule has 0 amide bonds. The minimum Gasteiger partial charge on any atom is -0.495 e. The number of hydrogen-bond acceptors (Lipinski definition) is 3. The van der Waals surface area contributed by atoms with Crippen molar-refractivity contribution >= 4 is 0 Å². The molecule has 0 aliphatic carbocycles. The van der Waals surface area contributed by atoms with Crippen LogP contribution in [0.1, 0.15) is 51.6 Å². The zero-order chi connectivity index (χ0) is 13.4. The van der Waals surface area contributed by atoms with Crippen molar-refractivity contribution < 1.29 is 4.74 Å². The molecule has 0 saturated carbocycles. The summed E-state index contributed by atoms with van der Waals surface area (Å²) in [5, 5.41) is 3.63. The van der Waals surface area contributed by atoms with Crippen LogP contribution in [0.3, 0.4) is 0 Å². The summed E-state index contributed by atoms with van der Waals surface area (Å²) in [6.45, 7) is 7.77. The Balaban J connectivity index is 2.85. The Bertz CT molecular complexity index is 341. The monoisotopic (exact) mass is 250 g/mol. The number of ether oxygens (including phenoxy) is 1. The number of nitrogens with zero attached hydrogens (tertiary/aromatic N) is 1. The number of aromatic nitrogens is 1. The van der Waals surface area contributed by atoms with E-state index in [4.69, 9.17) is 4.74 Å². The van der Waals surface area contributed by atoms with Crippen molar-refractivity contribution in [2.75, 3.05) is 13.7 Å². The summed E-state index contributed by atoms with van der Waals surface area (Å²) < 4.78 is 5.26. The van der Waals surface area contributed by atoms with Gasteiger partial charge in [0.25, 0.3) is 0 Å². The van der Waals surface area contributed by atoms with E-state index in [2.05, 4.69) is 37.1 Å². The Hall–Kier alpha value is -1.09. The van der Waals surface area contributed by atoms with Crippen molar-refractivity contribution in [1.29, 1.82) is 0 Å². The first kappa shape index (κ1) is 15.0. The van der Waals surface area contributed by atoms with Crippen molar-refractivity contribution in [2.24, 2.45) is 5.92 Å². The lowest BCUT2D eigenvalue weighted by molar-refractivity contribution is 0.359. The van der Waals surface area contributed by atoms with Gasteiger partial charge in [-0.1, -0.05) is 27.2 Å². The Morgan fingerprint density at radius 1 is 1.28 bits per heavy atom. The third-order valence-corrected chi connectivity index (χ3v) is 3.26. The van der Waals surface area contributed by atoms with Crippen LogP contribution in [0, 0.1) is 5.92 Å². The van der Waals surface area contributed by atoms with E-state index in [-0.39, 0.29) is 0 Å². The molecule has 3 nitrogen and oxygen atoms in total. The molecule has 2 atom stereocenters. The maximum Gasteiger partial charge on any atom is 0.137 e. The summed E-state index contributed by atoms with van der Waals surface area (Å²) in [5.74, 6) is 1.44. The molecular weight excluding hydrogens is 224 g/mol. The van der Waals surface area contributed by atoms with Gasteiger partial charge in [-0.3, -0.25) is 4.98 Å². The van der Waals surface area contributed by atoms with Gasteiger partial charge in [0, 0.05) is 12.2 Å². The molecule has 1 N–H and O–H groups in total. The third-order valence-electron chi connectivity index (χ3n) is 3.26. The van der Waals surface area contributed by atoms with E-state index >= 15 is 0 Å². The lowest BCUT2D eigenvalue weighted by Gasteiger charge is -2.25. The average molecular weight is 250 g/mol. The molecular formula is C15H26N2O.